The Kier molecular flexibility index (Phi) is 6.47. The molecule has 0 saturated carbocycles. The fourth-order valence-electron chi connectivity index (χ4n) is 3.26. The van der Waals surface area contributed by atoms with Gasteiger partial charge in [0.05, 0.1) is 34.0 Å². The van der Waals surface area contributed by atoms with Gasteiger partial charge in [-0.05, 0) is 43.3 Å². The van der Waals surface area contributed by atoms with Gasteiger partial charge in [-0.1, -0.05) is 30.0 Å². The first kappa shape index (κ1) is 20.6. The molecule has 0 radical (unpaired) electrons. The van der Waals surface area contributed by atoms with Crippen LogP contribution >= 0.6 is 23.1 Å². The maximum absolute atomic E-state index is 12.8. The van der Waals surface area contributed by atoms with Gasteiger partial charge in [0.1, 0.15) is 6.07 Å². The number of carbonyl (C=O) groups excluding carboxylic acids is 1. The maximum Gasteiger partial charge on any atom is 0.237 e. The molecule has 2 aromatic heterocycles. The van der Waals surface area contributed by atoms with Crippen LogP contribution in [0.5, 0.6) is 0 Å². The number of thiophene rings is 1. The zero-order chi connectivity index (χ0) is 20.9. The standard InChI is InChI=1S/C21H21N5O2S2/c1-14(20(27)23-17-8-3-2-6-15(17)12-22)30-21-25-24-19(18-9-5-11-29-18)26(21)13-16-7-4-10-28-16/h2-3,5-6,8-9,11,14,16H,4,7,10,13H2,1H3,(H,23,27). The van der Waals surface area contributed by atoms with Gasteiger partial charge in [0.15, 0.2) is 11.0 Å². The lowest BCUT2D eigenvalue weighted by Crippen LogP contribution is -2.24. The number of ether oxygens (including phenoxy) is 1. The van der Waals surface area contributed by atoms with E-state index in [0.717, 1.165) is 30.2 Å². The minimum Gasteiger partial charge on any atom is -0.376 e. The van der Waals surface area contributed by atoms with Crippen molar-refractivity contribution in [2.45, 2.75) is 42.8 Å². The molecule has 2 atom stereocenters. The number of carbonyl (C=O) groups is 1. The quantitative estimate of drug-likeness (QED) is 0.555. The van der Waals surface area contributed by atoms with Crippen LogP contribution in [0.4, 0.5) is 5.69 Å². The third kappa shape index (κ3) is 4.56. The third-order valence-electron chi connectivity index (χ3n) is 4.83. The molecular formula is C21H21N5O2S2. The molecule has 4 rings (SSSR count). The number of amides is 1. The van der Waals surface area contributed by atoms with Crippen LogP contribution < -0.4 is 5.32 Å². The molecule has 3 heterocycles. The summed E-state index contributed by atoms with van der Waals surface area (Å²) < 4.78 is 7.87. The Morgan fingerprint density at radius 3 is 3.00 bits per heavy atom. The molecular weight excluding hydrogens is 418 g/mol. The molecule has 1 N–H and O–H groups in total. The first-order valence-corrected chi connectivity index (χ1v) is 11.5. The van der Waals surface area contributed by atoms with Crippen molar-refractivity contribution >= 4 is 34.7 Å². The molecule has 7 nitrogen and oxygen atoms in total. The zero-order valence-electron chi connectivity index (χ0n) is 16.4. The van der Waals surface area contributed by atoms with Crippen molar-refractivity contribution in [3.05, 3.63) is 47.3 Å². The predicted octanol–water partition coefficient (Wildman–Crippen LogP) is 4.18. The Morgan fingerprint density at radius 2 is 2.27 bits per heavy atom. The summed E-state index contributed by atoms with van der Waals surface area (Å²) >= 11 is 2.97. The Labute approximate surface area is 183 Å². The minimum absolute atomic E-state index is 0.130. The summed E-state index contributed by atoms with van der Waals surface area (Å²) in [6, 6.07) is 13.1. The van der Waals surface area contributed by atoms with Gasteiger partial charge in [0, 0.05) is 6.61 Å². The second kappa shape index (κ2) is 9.43. The van der Waals surface area contributed by atoms with Gasteiger partial charge >= 0.3 is 0 Å². The molecule has 2 unspecified atom stereocenters. The lowest BCUT2D eigenvalue weighted by Gasteiger charge is -2.16. The Bertz CT molecular complexity index is 1050. The number of para-hydroxylation sites is 1. The molecule has 1 fully saturated rings. The number of aromatic nitrogens is 3. The van der Waals surface area contributed by atoms with E-state index < -0.39 is 5.25 Å². The third-order valence-corrected chi connectivity index (χ3v) is 6.77. The summed E-state index contributed by atoms with van der Waals surface area (Å²) in [5, 5.41) is 23.1. The summed E-state index contributed by atoms with van der Waals surface area (Å²) in [7, 11) is 0. The van der Waals surface area contributed by atoms with Gasteiger partial charge in [0.25, 0.3) is 0 Å². The highest BCUT2D eigenvalue weighted by Gasteiger charge is 2.25. The first-order chi connectivity index (χ1) is 14.7. The molecule has 30 heavy (non-hydrogen) atoms. The average Bonchev–Trinajstić information content (AvgIpc) is 3.52. The molecule has 9 heteroatoms. The lowest BCUT2D eigenvalue weighted by molar-refractivity contribution is -0.115. The Hall–Kier alpha value is -2.67. The topological polar surface area (TPSA) is 92.8 Å². The highest BCUT2D eigenvalue weighted by atomic mass is 32.2. The van der Waals surface area contributed by atoms with Crippen molar-refractivity contribution in [3.63, 3.8) is 0 Å². The van der Waals surface area contributed by atoms with Gasteiger partial charge in [-0.2, -0.15) is 5.26 Å². The molecule has 1 aliphatic heterocycles. The summed E-state index contributed by atoms with van der Waals surface area (Å²) in [6.45, 7) is 3.26. The Balaban J connectivity index is 1.53. The van der Waals surface area contributed by atoms with Crippen LogP contribution in [0.25, 0.3) is 10.7 Å². The molecule has 0 spiro atoms. The SMILES string of the molecule is CC(Sc1nnc(-c2cccs2)n1CC1CCCO1)C(=O)Nc1ccccc1C#N. The monoisotopic (exact) mass is 439 g/mol. The van der Waals surface area contributed by atoms with Crippen molar-refractivity contribution in [1.29, 1.82) is 5.26 Å². The molecule has 0 bridgehead atoms. The molecule has 0 aliphatic carbocycles. The van der Waals surface area contributed by atoms with Crippen LogP contribution in [0.2, 0.25) is 0 Å². The number of anilines is 1. The van der Waals surface area contributed by atoms with E-state index in [9.17, 15) is 10.1 Å². The highest BCUT2D eigenvalue weighted by molar-refractivity contribution is 8.00. The van der Waals surface area contributed by atoms with E-state index in [0.29, 0.717) is 23.0 Å². The number of hydrogen-bond acceptors (Lipinski definition) is 7. The number of thioether (sulfide) groups is 1. The molecule has 1 aromatic carbocycles. The van der Waals surface area contributed by atoms with Crippen molar-refractivity contribution < 1.29 is 9.53 Å². The van der Waals surface area contributed by atoms with Crippen LogP contribution in [-0.4, -0.2) is 38.6 Å². The summed E-state index contributed by atoms with van der Waals surface area (Å²) in [5.74, 6) is 0.609. The van der Waals surface area contributed by atoms with Crippen LogP contribution in [0.3, 0.4) is 0 Å². The van der Waals surface area contributed by atoms with Gasteiger partial charge in [-0.3, -0.25) is 9.36 Å². The fourth-order valence-corrected chi connectivity index (χ4v) is 4.83. The van der Waals surface area contributed by atoms with Crippen molar-refractivity contribution in [3.8, 4) is 16.8 Å². The second-order valence-corrected chi connectivity index (χ2v) is 9.19. The van der Waals surface area contributed by atoms with E-state index in [-0.39, 0.29) is 12.0 Å². The summed E-state index contributed by atoms with van der Waals surface area (Å²) in [4.78, 5) is 13.8. The number of hydrogen-bond donors (Lipinski definition) is 1. The number of nitrogens with zero attached hydrogens (tertiary/aromatic N) is 4. The van der Waals surface area contributed by atoms with E-state index in [2.05, 4.69) is 26.2 Å². The Morgan fingerprint density at radius 1 is 1.40 bits per heavy atom. The molecule has 3 aromatic rings. The highest BCUT2D eigenvalue weighted by Crippen LogP contribution is 2.31. The van der Waals surface area contributed by atoms with Crippen LogP contribution in [-0.2, 0) is 16.1 Å². The minimum atomic E-state index is -0.416. The van der Waals surface area contributed by atoms with E-state index >= 15 is 0 Å². The van der Waals surface area contributed by atoms with Gasteiger partial charge in [0.2, 0.25) is 5.91 Å². The largest absolute Gasteiger partial charge is 0.376 e. The van der Waals surface area contributed by atoms with Gasteiger partial charge in [-0.25, -0.2) is 0 Å². The molecule has 1 aliphatic rings. The average molecular weight is 440 g/mol. The van der Waals surface area contributed by atoms with Crippen LogP contribution in [0.1, 0.15) is 25.3 Å². The van der Waals surface area contributed by atoms with Gasteiger partial charge < -0.3 is 10.1 Å². The second-order valence-electron chi connectivity index (χ2n) is 6.94. The number of rotatable bonds is 7. The first-order valence-electron chi connectivity index (χ1n) is 9.71. The summed E-state index contributed by atoms with van der Waals surface area (Å²) in [6.07, 6.45) is 2.19. The van der Waals surface area contributed by atoms with E-state index in [4.69, 9.17) is 4.74 Å². The van der Waals surface area contributed by atoms with Crippen LogP contribution in [0.15, 0.2) is 46.9 Å². The number of benzene rings is 1. The maximum atomic E-state index is 12.8. The number of nitrogens with one attached hydrogen (secondary N) is 1. The van der Waals surface area contributed by atoms with Crippen molar-refractivity contribution in [2.75, 3.05) is 11.9 Å². The van der Waals surface area contributed by atoms with E-state index in [1.165, 1.54) is 11.8 Å². The van der Waals surface area contributed by atoms with Crippen molar-refractivity contribution in [1.82, 2.24) is 14.8 Å². The van der Waals surface area contributed by atoms with Crippen molar-refractivity contribution in [2.24, 2.45) is 0 Å². The smallest absolute Gasteiger partial charge is 0.237 e. The molecule has 154 valence electrons. The van der Waals surface area contributed by atoms with Gasteiger partial charge in [-0.15, -0.1) is 21.5 Å². The normalized spacial score (nSPS) is 16.9. The number of nitriles is 1. The van der Waals surface area contributed by atoms with Crippen LogP contribution in [0, 0.1) is 11.3 Å². The fraction of sp³-hybridized carbons (Fsp3) is 0.333. The predicted molar refractivity (Wildman–Crippen MR) is 117 cm³/mol. The molecule has 1 saturated heterocycles. The van der Waals surface area contributed by atoms with E-state index in [1.54, 1.807) is 35.6 Å². The summed E-state index contributed by atoms with van der Waals surface area (Å²) in [5.41, 5.74) is 0.946. The zero-order valence-corrected chi connectivity index (χ0v) is 18.1. The lowest BCUT2D eigenvalue weighted by atomic mass is 10.2. The van der Waals surface area contributed by atoms with E-state index in [1.807, 2.05) is 24.4 Å². The molecule has 1 amide bonds.